The fourth-order valence-corrected chi connectivity index (χ4v) is 10.6. The van der Waals surface area contributed by atoms with Crippen molar-refractivity contribution in [2.45, 2.75) is 23.7 Å². The molecule has 2 spiro atoms. The average Bonchev–Trinajstić information content (AvgIpc) is 3.75. The van der Waals surface area contributed by atoms with Gasteiger partial charge in [-0.3, -0.25) is 0 Å². The molecule has 0 bridgehead atoms. The molecule has 0 N–H and O–H groups in total. The second-order valence-corrected chi connectivity index (χ2v) is 15.3. The Labute approximate surface area is 326 Å². The van der Waals surface area contributed by atoms with Gasteiger partial charge in [-0.15, -0.1) is 0 Å². The second kappa shape index (κ2) is 11.8. The molecule has 1 aromatic heterocycles. The van der Waals surface area contributed by atoms with Gasteiger partial charge in [-0.1, -0.05) is 182 Å². The van der Waals surface area contributed by atoms with Crippen LogP contribution in [0, 0.1) is 0 Å². The maximum atomic E-state index is 5.25. The van der Waals surface area contributed by atoms with Crippen molar-refractivity contribution in [2.75, 3.05) is 0 Å². The molecule has 0 atom stereocenters. The monoisotopic (exact) mass is 713 g/mol. The number of aromatic nitrogens is 3. The highest BCUT2D eigenvalue weighted by atomic mass is 15.0. The number of nitrogens with zero attached hydrogens (tertiary/aromatic N) is 3. The van der Waals surface area contributed by atoms with Gasteiger partial charge in [-0.05, 0) is 85.7 Å². The van der Waals surface area contributed by atoms with Gasteiger partial charge >= 0.3 is 0 Å². The average molecular weight is 714 g/mol. The van der Waals surface area contributed by atoms with E-state index in [4.69, 9.17) is 15.0 Å². The van der Waals surface area contributed by atoms with Gasteiger partial charge in [0.15, 0.2) is 17.5 Å². The molecule has 8 aromatic rings. The first-order chi connectivity index (χ1) is 27.8. The summed E-state index contributed by atoms with van der Waals surface area (Å²) in [5, 5.41) is 0. The van der Waals surface area contributed by atoms with E-state index in [-0.39, 0.29) is 0 Å². The van der Waals surface area contributed by atoms with Crippen molar-refractivity contribution >= 4 is 0 Å². The van der Waals surface area contributed by atoms with Crippen LogP contribution in [0.4, 0.5) is 0 Å². The molecule has 0 radical (unpaired) electrons. The van der Waals surface area contributed by atoms with E-state index in [0.29, 0.717) is 17.5 Å². The van der Waals surface area contributed by atoms with Crippen LogP contribution in [0.15, 0.2) is 199 Å². The quantitative estimate of drug-likeness (QED) is 0.183. The first kappa shape index (κ1) is 31.4. The summed E-state index contributed by atoms with van der Waals surface area (Å²) >= 11 is 0. The van der Waals surface area contributed by atoms with E-state index in [0.717, 1.165) is 29.5 Å². The molecule has 12 rings (SSSR count). The highest BCUT2D eigenvalue weighted by Gasteiger charge is 2.61. The fourth-order valence-electron chi connectivity index (χ4n) is 10.6. The van der Waals surface area contributed by atoms with Crippen LogP contribution >= 0.6 is 0 Å². The molecule has 3 heteroatoms. The molecule has 0 saturated carbocycles. The van der Waals surface area contributed by atoms with Crippen molar-refractivity contribution < 1.29 is 0 Å². The molecule has 56 heavy (non-hydrogen) atoms. The van der Waals surface area contributed by atoms with Crippen LogP contribution < -0.4 is 0 Å². The number of rotatable bonds is 3. The van der Waals surface area contributed by atoms with Crippen LogP contribution in [0.3, 0.4) is 0 Å². The zero-order chi connectivity index (χ0) is 36.8. The van der Waals surface area contributed by atoms with Crippen LogP contribution in [0.2, 0.25) is 0 Å². The van der Waals surface area contributed by atoms with E-state index in [1.165, 1.54) is 66.8 Å². The molecular weight excluding hydrogens is 679 g/mol. The third-order valence-electron chi connectivity index (χ3n) is 12.7. The van der Waals surface area contributed by atoms with Gasteiger partial charge in [0.2, 0.25) is 0 Å². The number of allylic oxidation sites excluding steroid dienone is 4. The van der Waals surface area contributed by atoms with Gasteiger partial charge in [0.1, 0.15) is 0 Å². The third-order valence-corrected chi connectivity index (χ3v) is 12.7. The minimum absolute atomic E-state index is 0.492. The van der Waals surface area contributed by atoms with Gasteiger partial charge in [0, 0.05) is 16.7 Å². The van der Waals surface area contributed by atoms with Crippen molar-refractivity contribution in [2.24, 2.45) is 0 Å². The Kier molecular flexibility index (Phi) is 6.59. The van der Waals surface area contributed by atoms with Crippen LogP contribution in [0.5, 0.6) is 0 Å². The number of fused-ring (bicyclic) bond motifs is 16. The fraction of sp³-hybridized carbons (Fsp3) is 0.0755. The number of hydrogen-bond acceptors (Lipinski definition) is 3. The summed E-state index contributed by atoms with van der Waals surface area (Å²) in [7, 11) is 0. The first-order valence-corrected chi connectivity index (χ1v) is 19.6. The first-order valence-electron chi connectivity index (χ1n) is 19.6. The topological polar surface area (TPSA) is 38.7 Å². The van der Waals surface area contributed by atoms with E-state index in [2.05, 4.69) is 152 Å². The van der Waals surface area contributed by atoms with Crippen molar-refractivity contribution in [3.05, 3.63) is 233 Å². The zero-order valence-electron chi connectivity index (χ0n) is 30.7. The third kappa shape index (κ3) is 4.04. The summed E-state index contributed by atoms with van der Waals surface area (Å²) in [5.41, 5.74) is 17.8. The molecule has 0 unspecified atom stereocenters. The Balaban J connectivity index is 1.23. The molecule has 4 aliphatic rings. The minimum atomic E-state index is -0.542. The lowest BCUT2D eigenvalue weighted by molar-refractivity contribution is 0.604. The SMILES string of the molecule is C1=C2C(=CCC1)C1(c3ccccc3-c3ccccc31)c1cc(-c3nc(-c4ccccc4)nc(-c4ccccc4)n3)ccc1C21c2ccccc2-c2ccccc21. The summed E-state index contributed by atoms with van der Waals surface area (Å²) in [6, 6.07) is 64.0. The molecule has 0 aliphatic heterocycles. The molecule has 0 fully saturated rings. The largest absolute Gasteiger partial charge is 0.208 e. The number of benzene rings is 7. The Morgan fingerprint density at radius 3 is 1.09 bits per heavy atom. The zero-order valence-corrected chi connectivity index (χ0v) is 30.7. The van der Waals surface area contributed by atoms with E-state index < -0.39 is 10.8 Å². The molecule has 7 aromatic carbocycles. The van der Waals surface area contributed by atoms with Crippen molar-refractivity contribution in [3.8, 4) is 56.4 Å². The summed E-state index contributed by atoms with van der Waals surface area (Å²) in [5.74, 6) is 1.98. The highest BCUT2D eigenvalue weighted by Crippen LogP contribution is 2.69. The predicted molar refractivity (Wildman–Crippen MR) is 225 cm³/mol. The highest BCUT2D eigenvalue weighted by molar-refractivity contribution is 5.95. The van der Waals surface area contributed by atoms with Gasteiger partial charge in [0.25, 0.3) is 0 Å². The minimum Gasteiger partial charge on any atom is -0.208 e. The van der Waals surface area contributed by atoms with E-state index in [1.54, 1.807) is 0 Å². The van der Waals surface area contributed by atoms with Gasteiger partial charge in [0.05, 0.1) is 10.8 Å². The Hall–Kier alpha value is -6.97. The number of hydrogen-bond donors (Lipinski definition) is 0. The molecule has 1 heterocycles. The molecule has 0 saturated heterocycles. The summed E-state index contributed by atoms with van der Waals surface area (Å²) < 4.78 is 0. The second-order valence-electron chi connectivity index (χ2n) is 15.3. The molecule has 262 valence electrons. The van der Waals surface area contributed by atoms with Crippen LogP contribution in [-0.4, -0.2) is 15.0 Å². The smallest absolute Gasteiger partial charge is 0.164 e. The molecular formula is C53H35N3. The van der Waals surface area contributed by atoms with Crippen molar-refractivity contribution in [1.82, 2.24) is 15.0 Å². The lowest BCUT2D eigenvalue weighted by Crippen LogP contribution is -2.46. The van der Waals surface area contributed by atoms with E-state index >= 15 is 0 Å². The van der Waals surface area contributed by atoms with Crippen molar-refractivity contribution in [1.29, 1.82) is 0 Å². The van der Waals surface area contributed by atoms with E-state index in [9.17, 15) is 0 Å². The Morgan fingerprint density at radius 1 is 0.304 bits per heavy atom. The maximum absolute atomic E-state index is 5.25. The molecule has 0 amide bonds. The van der Waals surface area contributed by atoms with Gasteiger partial charge in [-0.25, -0.2) is 15.0 Å². The van der Waals surface area contributed by atoms with Crippen molar-refractivity contribution in [3.63, 3.8) is 0 Å². The summed E-state index contributed by atoms with van der Waals surface area (Å²) in [6.07, 6.45) is 7.14. The van der Waals surface area contributed by atoms with Crippen LogP contribution in [0.25, 0.3) is 56.4 Å². The normalized spacial score (nSPS) is 15.9. The van der Waals surface area contributed by atoms with Crippen LogP contribution in [-0.2, 0) is 10.8 Å². The molecule has 3 nitrogen and oxygen atoms in total. The lowest BCUT2D eigenvalue weighted by atomic mass is 9.49. The van der Waals surface area contributed by atoms with Gasteiger partial charge < -0.3 is 0 Å². The summed E-state index contributed by atoms with van der Waals surface area (Å²) in [6.45, 7) is 0. The van der Waals surface area contributed by atoms with Gasteiger partial charge in [-0.2, -0.15) is 0 Å². The lowest BCUT2D eigenvalue weighted by Gasteiger charge is -2.52. The van der Waals surface area contributed by atoms with Crippen LogP contribution in [0.1, 0.15) is 46.2 Å². The standard InChI is InChI=1S/C53H35N3/c1-3-17-34(18-4-1)49-54-50(35-19-5-2-6-20-35)56-51(55-49)36-31-32-47-48(33-36)53(43-27-13-9-23-39(43)40-24-10-14-28-44(40)53)46-30-16-15-29-45(46)52(47)41-25-11-7-21-37(41)38-22-8-12-26-42(38)52/h1-14,17-33H,15-16H2. The summed E-state index contributed by atoms with van der Waals surface area (Å²) in [4.78, 5) is 15.5. The Bertz CT molecular complexity index is 2830. The maximum Gasteiger partial charge on any atom is 0.164 e. The molecule has 4 aliphatic carbocycles. The van der Waals surface area contributed by atoms with E-state index in [1.807, 2.05) is 36.4 Å². The Morgan fingerprint density at radius 2 is 0.661 bits per heavy atom. The predicted octanol–water partition coefficient (Wildman–Crippen LogP) is 12.2.